The molecule has 0 amide bonds. The number of hydrogen-bond donors (Lipinski definition) is 0. The largest absolute Gasteiger partial charge is 0.457 e. The summed E-state index contributed by atoms with van der Waals surface area (Å²) < 4.78 is 21.2. The summed E-state index contributed by atoms with van der Waals surface area (Å²) in [6.45, 7) is 4.04. The van der Waals surface area contributed by atoms with Crippen molar-refractivity contribution in [1.82, 2.24) is 0 Å². The molecular formula is C7H19F2Y-. The van der Waals surface area contributed by atoms with Crippen LogP contribution in [-0.4, -0.2) is 6.67 Å². The van der Waals surface area contributed by atoms with Gasteiger partial charge in [-0.2, -0.15) is 20.0 Å². The zero-order valence-corrected chi connectivity index (χ0v) is 8.38. The molecule has 0 fully saturated rings. The molecule has 65 valence electrons. The van der Waals surface area contributed by atoms with E-state index in [2.05, 4.69) is 0 Å². The van der Waals surface area contributed by atoms with Gasteiger partial charge in [-0.05, 0) is 6.92 Å². The number of hydrogen-bond acceptors (Lipinski definition) is 0. The van der Waals surface area contributed by atoms with Gasteiger partial charge in [0.15, 0.2) is 0 Å². The van der Waals surface area contributed by atoms with Gasteiger partial charge in [-0.15, -0.1) is 0 Å². The van der Waals surface area contributed by atoms with Crippen molar-refractivity contribution in [3.05, 3.63) is 6.17 Å². The normalized spacial score (nSPS) is 5.40. The second-order valence-corrected chi connectivity index (χ2v) is 1.15. The summed E-state index contributed by atoms with van der Waals surface area (Å²) in [5.41, 5.74) is 0. The molecule has 0 heterocycles. The van der Waals surface area contributed by atoms with E-state index in [0.29, 0.717) is 0 Å². The molecule has 0 saturated carbocycles. The fourth-order valence-electron chi connectivity index (χ4n) is 0. The molecule has 3 heteroatoms. The maximum Gasteiger partial charge on any atom is 0.0866 e. The van der Waals surface area contributed by atoms with E-state index < -0.39 is 0 Å². The Morgan fingerprint density at radius 2 is 1.20 bits per heavy atom. The number of alkyl halides is 1. The van der Waals surface area contributed by atoms with Crippen LogP contribution in [0.2, 0.25) is 0 Å². The van der Waals surface area contributed by atoms with Crippen LogP contribution >= 0.6 is 0 Å². The molecule has 10 heavy (non-hydrogen) atoms. The first-order chi connectivity index (χ1) is 3.15. The zero-order valence-electron chi connectivity index (χ0n) is 5.54. The molecule has 0 aliphatic rings. The van der Waals surface area contributed by atoms with Gasteiger partial charge in [0, 0.05) is 32.7 Å². The Hall–Kier alpha value is 0.964. The molecule has 0 nitrogen and oxygen atoms in total. The molecule has 0 aliphatic carbocycles. The maximum atomic E-state index is 10.9. The second kappa shape index (κ2) is 32.5. The fraction of sp³-hybridized carbons (Fsp3) is 0.857. The standard InChI is InChI=1S/C3H6F.C2H5F.2CH4.Y/c1-3(2)4;1-2-3;;;/h1-2H3;2H2,1H3;2*1H4;/q-1;;;;. The Kier molecular flexibility index (Phi) is 99.4. The van der Waals surface area contributed by atoms with Gasteiger partial charge in [-0.3, -0.25) is 4.39 Å². The Balaban J connectivity index is -0.0000000131. The van der Waals surface area contributed by atoms with E-state index in [9.17, 15) is 8.78 Å². The Morgan fingerprint density at radius 3 is 1.20 bits per heavy atom. The third-order valence-corrected chi connectivity index (χ3v) is 0. The molecule has 0 aromatic heterocycles. The molecule has 0 aliphatic heterocycles. The van der Waals surface area contributed by atoms with E-state index in [-0.39, 0.29) is 60.4 Å². The van der Waals surface area contributed by atoms with Gasteiger partial charge in [-0.25, -0.2) is 0 Å². The third kappa shape index (κ3) is 612. The van der Waals surface area contributed by atoms with Crippen molar-refractivity contribution in [3.63, 3.8) is 0 Å². The van der Waals surface area contributed by atoms with Crippen LogP contribution in [0.3, 0.4) is 0 Å². The Labute approximate surface area is 89.7 Å². The van der Waals surface area contributed by atoms with Crippen molar-refractivity contribution >= 4 is 0 Å². The van der Waals surface area contributed by atoms with Gasteiger partial charge in [-0.1, -0.05) is 14.9 Å². The summed E-state index contributed by atoms with van der Waals surface area (Å²) in [5.74, 6) is 0. The van der Waals surface area contributed by atoms with Gasteiger partial charge < -0.3 is 4.39 Å². The van der Waals surface area contributed by atoms with Gasteiger partial charge in [0.1, 0.15) is 0 Å². The molecule has 0 saturated heterocycles. The van der Waals surface area contributed by atoms with Crippen LogP contribution in [0.1, 0.15) is 35.6 Å². The molecule has 0 rings (SSSR count). The quantitative estimate of drug-likeness (QED) is 0.555. The summed E-state index contributed by atoms with van der Waals surface area (Å²) in [4.78, 5) is 0. The van der Waals surface area contributed by atoms with Crippen LogP contribution in [0.25, 0.3) is 0 Å². The third-order valence-electron chi connectivity index (χ3n) is 0. The van der Waals surface area contributed by atoms with Gasteiger partial charge in [0.25, 0.3) is 0 Å². The summed E-state index contributed by atoms with van der Waals surface area (Å²) in [6.07, 6.45) is -0.0833. The first-order valence-electron chi connectivity index (χ1n) is 2.16. The topological polar surface area (TPSA) is 0 Å². The molecule has 0 unspecified atom stereocenters. The van der Waals surface area contributed by atoms with Crippen molar-refractivity contribution < 1.29 is 41.5 Å². The minimum Gasteiger partial charge on any atom is -0.457 e. The molecule has 0 aromatic rings. The summed E-state index contributed by atoms with van der Waals surface area (Å²) in [7, 11) is 0. The predicted octanol–water partition coefficient (Wildman–Crippen LogP) is 3.77. The first kappa shape index (κ1) is 30.6. The smallest absolute Gasteiger partial charge is 0.0866 e. The minimum absolute atomic E-state index is 0. The SMILES string of the molecule is C.C.CCF.C[C-](C)F.[Y]. The Morgan fingerprint density at radius 1 is 1.20 bits per heavy atom. The van der Waals surface area contributed by atoms with Crippen molar-refractivity contribution in [2.24, 2.45) is 0 Å². The number of halogens is 2. The number of rotatable bonds is 0. The second-order valence-electron chi connectivity index (χ2n) is 1.15. The zero-order chi connectivity index (χ0) is 6.28. The van der Waals surface area contributed by atoms with E-state index in [1.165, 1.54) is 20.8 Å². The van der Waals surface area contributed by atoms with Crippen LogP contribution < -0.4 is 0 Å². The van der Waals surface area contributed by atoms with Gasteiger partial charge in [0.2, 0.25) is 0 Å². The molecule has 0 atom stereocenters. The summed E-state index contributed by atoms with van der Waals surface area (Å²) in [6, 6.07) is 0. The van der Waals surface area contributed by atoms with Gasteiger partial charge >= 0.3 is 0 Å². The van der Waals surface area contributed by atoms with Gasteiger partial charge in [0.05, 0.1) is 6.67 Å². The van der Waals surface area contributed by atoms with Crippen LogP contribution in [0.5, 0.6) is 0 Å². The molecule has 0 aromatic carbocycles. The summed E-state index contributed by atoms with van der Waals surface area (Å²) >= 11 is 0. The monoisotopic (exact) mass is 230 g/mol. The van der Waals surface area contributed by atoms with Crippen LogP contribution in [-0.2, 0) is 32.7 Å². The van der Waals surface area contributed by atoms with Crippen molar-refractivity contribution in [3.8, 4) is 0 Å². The van der Waals surface area contributed by atoms with Crippen molar-refractivity contribution in [1.29, 1.82) is 0 Å². The van der Waals surface area contributed by atoms with Crippen molar-refractivity contribution in [2.75, 3.05) is 6.67 Å². The van der Waals surface area contributed by atoms with Crippen LogP contribution in [0.4, 0.5) is 8.78 Å². The van der Waals surface area contributed by atoms with E-state index in [0.717, 1.165) is 0 Å². The molecule has 1 radical (unpaired) electrons. The molecular weight excluding hydrogens is 211 g/mol. The van der Waals surface area contributed by atoms with E-state index in [1.54, 1.807) is 0 Å². The molecule has 0 spiro atoms. The summed E-state index contributed by atoms with van der Waals surface area (Å²) in [5, 5.41) is 0. The van der Waals surface area contributed by atoms with E-state index in [4.69, 9.17) is 0 Å². The predicted molar refractivity (Wildman–Crippen MR) is 40.8 cm³/mol. The fourth-order valence-corrected chi connectivity index (χ4v) is 0. The molecule has 0 N–H and O–H groups in total. The average molecular weight is 230 g/mol. The van der Waals surface area contributed by atoms with Crippen LogP contribution in [0.15, 0.2) is 0 Å². The Bertz CT molecular complexity index is 22.8. The van der Waals surface area contributed by atoms with E-state index >= 15 is 0 Å². The average Bonchev–Trinajstić information content (AvgIpc) is 1.33. The minimum atomic E-state index is -0.250. The van der Waals surface area contributed by atoms with Crippen molar-refractivity contribution in [2.45, 2.75) is 35.6 Å². The first-order valence-corrected chi connectivity index (χ1v) is 2.16. The van der Waals surface area contributed by atoms with E-state index in [1.807, 2.05) is 0 Å². The van der Waals surface area contributed by atoms with Crippen LogP contribution in [0, 0.1) is 6.17 Å². The molecule has 0 bridgehead atoms. The maximum absolute atomic E-state index is 10.9.